The third kappa shape index (κ3) is 4.84. The van der Waals surface area contributed by atoms with Gasteiger partial charge >= 0.3 is 6.18 Å². The summed E-state index contributed by atoms with van der Waals surface area (Å²) in [7, 11) is 1.35. The van der Waals surface area contributed by atoms with Crippen molar-refractivity contribution in [3.05, 3.63) is 70.9 Å². The molecule has 0 atom stereocenters. The van der Waals surface area contributed by atoms with Crippen LogP contribution in [0.15, 0.2) is 64.6 Å². The summed E-state index contributed by atoms with van der Waals surface area (Å²) in [6, 6.07) is 14.9. The molecule has 7 nitrogen and oxygen atoms in total. The summed E-state index contributed by atoms with van der Waals surface area (Å²) in [4.78, 5) is 15.0. The monoisotopic (exact) mass is 419 g/mol. The first-order valence-electron chi connectivity index (χ1n) is 8.01. The number of nitrogens with zero attached hydrogens (tertiary/aromatic N) is 5. The lowest BCUT2D eigenvalue weighted by Crippen LogP contribution is -2.12. The molecule has 0 amide bonds. The van der Waals surface area contributed by atoms with E-state index in [0.717, 1.165) is 12.0 Å². The molecule has 0 fully saturated rings. The molecule has 0 bridgehead atoms. The van der Waals surface area contributed by atoms with Gasteiger partial charge < -0.3 is 0 Å². The molecular weight excluding hydrogens is 407 g/mol. The third-order valence-electron chi connectivity index (χ3n) is 3.67. The van der Waals surface area contributed by atoms with Crippen LogP contribution in [-0.2, 0) is 15.4 Å². The van der Waals surface area contributed by atoms with Gasteiger partial charge in [-0.25, -0.2) is 14.9 Å². The fourth-order valence-corrected chi connectivity index (χ4v) is 2.91. The van der Waals surface area contributed by atoms with E-state index in [9.17, 15) is 13.2 Å². The molecule has 3 rings (SSSR count). The summed E-state index contributed by atoms with van der Waals surface area (Å²) in [5, 5.41) is 3.39. The number of aromatic nitrogens is 2. The number of alkyl halides is 3. The van der Waals surface area contributed by atoms with E-state index in [4.69, 9.17) is 9.86 Å². The van der Waals surface area contributed by atoms with E-state index in [1.807, 2.05) is 0 Å². The predicted octanol–water partition coefficient (Wildman–Crippen LogP) is 6.36. The highest BCUT2D eigenvalue weighted by atomic mass is 32.2. The van der Waals surface area contributed by atoms with Gasteiger partial charge in [0.25, 0.3) is 0 Å². The van der Waals surface area contributed by atoms with Crippen LogP contribution in [0.25, 0.3) is 32.8 Å². The van der Waals surface area contributed by atoms with Gasteiger partial charge in [0.2, 0.25) is 5.82 Å². The third-order valence-corrected chi connectivity index (χ3v) is 4.34. The fraction of sp³-hybridized carbons (Fsp3) is 0.111. The van der Waals surface area contributed by atoms with Gasteiger partial charge in [-0.3, -0.25) is 0 Å². The van der Waals surface area contributed by atoms with Crippen LogP contribution in [0.4, 0.5) is 19.0 Å². The zero-order valence-corrected chi connectivity index (χ0v) is 15.6. The van der Waals surface area contributed by atoms with Crippen LogP contribution >= 0.6 is 12.0 Å². The molecule has 1 heterocycles. The number of benzene rings is 2. The summed E-state index contributed by atoms with van der Waals surface area (Å²) in [5.74, 6) is -1.80. The molecule has 29 heavy (non-hydrogen) atoms. The quantitative estimate of drug-likeness (QED) is 0.116. The Kier molecular flexibility index (Phi) is 6.35. The van der Waals surface area contributed by atoms with Crippen molar-refractivity contribution in [2.45, 2.75) is 11.1 Å². The van der Waals surface area contributed by atoms with Crippen LogP contribution in [-0.4, -0.2) is 17.1 Å². The molecule has 0 aliphatic heterocycles. The Hall–Kier alpha value is -3.11. The Morgan fingerprint density at radius 2 is 1.69 bits per heavy atom. The highest BCUT2D eigenvalue weighted by Crippen LogP contribution is 2.40. The van der Waals surface area contributed by atoms with Gasteiger partial charge in [-0.2, -0.15) is 17.5 Å². The predicted molar refractivity (Wildman–Crippen MR) is 101 cm³/mol. The van der Waals surface area contributed by atoms with Crippen molar-refractivity contribution in [2.24, 2.45) is 5.11 Å². The van der Waals surface area contributed by atoms with Crippen LogP contribution in [0.2, 0.25) is 0 Å². The molecule has 148 valence electrons. The van der Waals surface area contributed by atoms with Gasteiger partial charge in [0.05, 0.1) is 24.8 Å². The number of hydrogen-bond acceptors (Lipinski definition) is 6. The lowest BCUT2D eigenvalue weighted by atomic mass is 9.99. The normalized spacial score (nSPS) is 11.2. The van der Waals surface area contributed by atoms with Crippen molar-refractivity contribution in [3.8, 4) is 22.4 Å². The summed E-state index contributed by atoms with van der Waals surface area (Å²) in [5.41, 5.74) is 9.94. The molecular formula is C18H12F3N5O2S. The van der Waals surface area contributed by atoms with Gasteiger partial charge in [-0.05, 0) is 28.3 Å². The summed E-state index contributed by atoms with van der Waals surface area (Å²) >= 11 is 0.942. The first-order chi connectivity index (χ1) is 13.9. The highest BCUT2D eigenvalue weighted by molar-refractivity contribution is 7.94. The molecule has 0 saturated heterocycles. The Balaban J connectivity index is 2.25. The van der Waals surface area contributed by atoms with E-state index in [0.29, 0.717) is 16.0 Å². The molecule has 3 aromatic rings. The van der Waals surface area contributed by atoms with Crippen LogP contribution in [0.1, 0.15) is 5.82 Å². The van der Waals surface area contributed by atoms with E-state index < -0.39 is 17.8 Å². The Morgan fingerprint density at radius 3 is 2.28 bits per heavy atom. The second kappa shape index (κ2) is 8.93. The maximum absolute atomic E-state index is 13.3. The zero-order valence-electron chi connectivity index (χ0n) is 14.8. The minimum atomic E-state index is -4.81. The van der Waals surface area contributed by atoms with Gasteiger partial charge in [0.15, 0.2) is 0 Å². The fourth-order valence-electron chi connectivity index (χ4n) is 2.51. The second-order valence-electron chi connectivity index (χ2n) is 5.49. The molecule has 0 aliphatic carbocycles. The lowest BCUT2D eigenvalue weighted by molar-refractivity contribution is -0.160. The second-order valence-corrected chi connectivity index (χ2v) is 6.26. The molecule has 0 aliphatic rings. The van der Waals surface area contributed by atoms with Crippen LogP contribution in [0.5, 0.6) is 0 Å². The highest BCUT2D eigenvalue weighted by Gasteiger charge is 2.36. The van der Waals surface area contributed by atoms with Crippen molar-refractivity contribution in [1.82, 2.24) is 9.97 Å². The molecule has 0 spiro atoms. The van der Waals surface area contributed by atoms with Gasteiger partial charge in [0.1, 0.15) is 5.82 Å². The van der Waals surface area contributed by atoms with Crippen molar-refractivity contribution in [2.75, 3.05) is 7.11 Å². The molecule has 0 N–H and O–H groups in total. The number of rotatable bonds is 6. The average Bonchev–Trinajstić information content (AvgIpc) is 2.72. The van der Waals surface area contributed by atoms with Crippen LogP contribution < -0.4 is 0 Å². The molecule has 11 heteroatoms. The number of hydrogen-bond donors (Lipinski definition) is 0. The topological polar surface area (TPSA) is 93.0 Å². The molecule has 1 aromatic heterocycles. The number of halogens is 3. The van der Waals surface area contributed by atoms with E-state index in [1.165, 1.54) is 7.11 Å². The van der Waals surface area contributed by atoms with Crippen LogP contribution in [0, 0.1) is 0 Å². The van der Waals surface area contributed by atoms with Gasteiger partial charge in [-0.15, -0.1) is 0 Å². The first kappa shape index (κ1) is 20.6. The van der Waals surface area contributed by atoms with Crippen molar-refractivity contribution >= 4 is 17.9 Å². The Bertz CT molecular complexity index is 1040. The molecule has 2 aromatic carbocycles. The maximum Gasteiger partial charge on any atom is 0.451 e. The molecule has 0 saturated carbocycles. The summed E-state index contributed by atoms with van der Waals surface area (Å²) < 4.78 is 44.8. The Labute approximate surface area is 167 Å². The largest absolute Gasteiger partial charge is 0.451 e. The van der Waals surface area contributed by atoms with Crippen LogP contribution in [0.3, 0.4) is 0 Å². The smallest absolute Gasteiger partial charge is 0.227 e. The van der Waals surface area contributed by atoms with Gasteiger partial charge in [-0.1, -0.05) is 42.5 Å². The average molecular weight is 419 g/mol. The minimum Gasteiger partial charge on any atom is -0.227 e. The molecule has 0 radical (unpaired) electrons. The minimum absolute atomic E-state index is 0.00913. The first-order valence-corrected chi connectivity index (χ1v) is 8.75. The molecule has 0 unspecified atom stereocenters. The van der Waals surface area contributed by atoms with E-state index in [2.05, 4.69) is 24.9 Å². The maximum atomic E-state index is 13.3. The summed E-state index contributed by atoms with van der Waals surface area (Å²) in [6.45, 7) is 0. The summed E-state index contributed by atoms with van der Waals surface area (Å²) in [6.07, 6.45) is -4.81. The SMILES string of the molecule is COOSc1ccc(-c2nc(C(F)(F)F)nc(N=[N+]=[N-])c2-c2ccccc2)cc1. The van der Waals surface area contributed by atoms with Crippen molar-refractivity contribution < 1.29 is 22.4 Å². The number of azide groups is 1. The van der Waals surface area contributed by atoms with E-state index in [-0.39, 0.29) is 11.3 Å². The zero-order chi connectivity index (χ0) is 20.9. The lowest BCUT2D eigenvalue weighted by Gasteiger charge is -2.15. The Morgan fingerprint density at radius 1 is 1.00 bits per heavy atom. The van der Waals surface area contributed by atoms with E-state index in [1.54, 1.807) is 54.6 Å². The van der Waals surface area contributed by atoms with Crippen molar-refractivity contribution in [3.63, 3.8) is 0 Å². The van der Waals surface area contributed by atoms with Crippen molar-refractivity contribution in [1.29, 1.82) is 0 Å². The van der Waals surface area contributed by atoms with E-state index >= 15 is 0 Å². The van der Waals surface area contributed by atoms with Gasteiger partial charge in [0, 0.05) is 20.9 Å². The standard InChI is InChI=1S/C18H12F3N5O2S/c1-27-28-29-13-9-7-12(8-10-13)15-14(11-5-3-2-4-6-11)16(25-26-22)24-17(23-15)18(19,20)21/h2-10H,1H3.